The van der Waals surface area contributed by atoms with Gasteiger partial charge in [0.2, 0.25) is 11.6 Å². The monoisotopic (exact) mass is 718 g/mol. The van der Waals surface area contributed by atoms with Crippen molar-refractivity contribution in [2.45, 2.75) is 31.9 Å². The molecule has 9 nitrogen and oxygen atoms in total. The van der Waals surface area contributed by atoms with E-state index in [1.54, 1.807) is 30.5 Å². The Morgan fingerprint density at radius 1 is 0.923 bits per heavy atom. The molecule has 2 aliphatic rings. The molecule has 1 aromatic heterocycles. The van der Waals surface area contributed by atoms with Crippen molar-refractivity contribution in [3.63, 3.8) is 0 Å². The van der Waals surface area contributed by atoms with E-state index in [4.69, 9.17) is 10.5 Å². The number of hydrogen-bond donors (Lipinski definition) is 3. The van der Waals surface area contributed by atoms with E-state index in [1.807, 2.05) is 66.3 Å². The van der Waals surface area contributed by atoms with E-state index in [9.17, 15) is 14.7 Å². The lowest BCUT2D eigenvalue weighted by Gasteiger charge is -2.43. The van der Waals surface area contributed by atoms with Crippen molar-refractivity contribution < 1.29 is 24.0 Å². The Bertz CT molecular complexity index is 2140. The number of fused-ring (bicyclic) bond motifs is 2. The van der Waals surface area contributed by atoms with Crippen LogP contribution in [0.4, 0.5) is 11.4 Å². The summed E-state index contributed by atoms with van der Waals surface area (Å²) in [4.78, 5) is 34.9. The van der Waals surface area contributed by atoms with Crippen LogP contribution in [-0.4, -0.2) is 73.0 Å². The minimum absolute atomic E-state index is 0.141. The Labute approximate surface area is 308 Å². The first kappa shape index (κ1) is 37.6. The van der Waals surface area contributed by atoms with Crippen molar-refractivity contribution in [3.8, 4) is 5.88 Å². The zero-order valence-corrected chi connectivity index (χ0v) is 32.0. The molecule has 52 heavy (non-hydrogen) atoms. The second kappa shape index (κ2) is 15.7. The van der Waals surface area contributed by atoms with Gasteiger partial charge in [-0.2, -0.15) is 10.0 Å². The first-order chi connectivity index (χ1) is 24.8. The molecule has 1 amide bonds. The molecule has 0 bridgehead atoms. The van der Waals surface area contributed by atoms with Crippen LogP contribution in [0.5, 0.6) is 5.88 Å². The van der Waals surface area contributed by atoms with Crippen LogP contribution >= 0.6 is 10.0 Å². The number of pyridine rings is 1. The number of carbonyl (C=O) groups is 2. The third-order valence-electron chi connectivity index (χ3n) is 9.00. The molecule has 3 aromatic carbocycles. The average molecular weight is 719 g/mol. The summed E-state index contributed by atoms with van der Waals surface area (Å²) in [5.41, 5.74) is 14.2. The lowest BCUT2D eigenvalue weighted by Crippen LogP contribution is -2.24. The van der Waals surface area contributed by atoms with Gasteiger partial charge in [0.05, 0.1) is 5.56 Å². The van der Waals surface area contributed by atoms with E-state index in [1.165, 1.54) is 15.9 Å². The average Bonchev–Trinajstić information content (AvgIpc) is 3.14. The van der Waals surface area contributed by atoms with Crippen LogP contribution in [0, 0.1) is 0 Å². The molecule has 4 aromatic rings. The lowest BCUT2D eigenvalue weighted by atomic mass is 9.86. The number of aromatic carboxylic acids is 1. The van der Waals surface area contributed by atoms with Gasteiger partial charge in [-0.25, -0.2) is 14.4 Å². The van der Waals surface area contributed by atoms with Gasteiger partial charge in [0.15, 0.2) is 0 Å². The first-order valence-corrected chi connectivity index (χ1v) is 19.6. The Kier molecular flexibility index (Phi) is 11.4. The maximum atomic E-state index is 13.6. The van der Waals surface area contributed by atoms with Gasteiger partial charge in [0.25, 0.3) is 5.91 Å². The first-order valence-electron chi connectivity index (χ1n) is 17.2. The maximum absolute atomic E-state index is 13.6. The van der Waals surface area contributed by atoms with Gasteiger partial charge in [-0.05, 0) is 88.4 Å². The van der Waals surface area contributed by atoms with Crippen LogP contribution < -0.4 is 20.7 Å². The quantitative estimate of drug-likeness (QED) is 0.155. The topological polar surface area (TPSA) is 121 Å². The normalized spacial score (nSPS) is 14.5. The molecule has 0 saturated carbocycles. The van der Waals surface area contributed by atoms with Crippen LogP contribution in [0.3, 0.4) is 0 Å². The summed E-state index contributed by atoms with van der Waals surface area (Å²) in [6.07, 6.45) is 12.6. The van der Waals surface area contributed by atoms with Crippen LogP contribution in [0.1, 0.15) is 56.8 Å². The highest BCUT2D eigenvalue weighted by Crippen LogP contribution is 2.66. The van der Waals surface area contributed by atoms with E-state index in [0.29, 0.717) is 35.8 Å². The number of nitrogen functional groups attached to an aromatic ring is 1. The molecule has 1 aliphatic carbocycles. The smallest absolute Gasteiger partial charge is 0.336 e. The zero-order chi connectivity index (χ0) is 37.7. The fourth-order valence-corrected chi connectivity index (χ4v) is 8.67. The number of rotatable bonds is 9. The van der Waals surface area contributed by atoms with Gasteiger partial charge < -0.3 is 25.8 Å². The third-order valence-corrected chi connectivity index (χ3v) is 11.9. The Morgan fingerprint density at radius 3 is 2.29 bits per heavy atom. The number of carboxylic acids is 1. The number of benzene rings is 3. The fourth-order valence-electron chi connectivity index (χ4n) is 6.17. The highest BCUT2D eigenvalue weighted by atomic mass is 32.3. The van der Waals surface area contributed by atoms with Crippen LogP contribution in [0.2, 0.25) is 0 Å². The van der Waals surface area contributed by atoms with Crippen molar-refractivity contribution in [1.82, 2.24) is 10.3 Å². The summed E-state index contributed by atoms with van der Waals surface area (Å²) < 4.78 is 7.81. The summed E-state index contributed by atoms with van der Waals surface area (Å²) in [6, 6.07) is 22.3. The van der Waals surface area contributed by atoms with E-state index in [2.05, 4.69) is 68.7 Å². The number of allylic oxidation sites excluding steroid dienone is 4. The summed E-state index contributed by atoms with van der Waals surface area (Å²) >= 11 is 0. The van der Waals surface area contributed by atoms with Gasteiger partial charge in [-0.3, -0.25) is 4.79 Å². The fraction of sp³-hybridized carbons (Fsp3) is 0.238. The number of aromatic nitrogens is 1. The largest absolute Gasteiger partial charge is 0.478 e. The molecule has 2 heterocycles. The number of amides is 1. The lowest BCUT2D eigenvalue weighted by molar-refractivity contribution is -0.462. The molecule has 0 radical (unpaired) electrons. The molecule has 1 aliphatic heterocycles. The number of nitrogens with two attached hydrogens (primary N) is 1. The molecule has 10 heteroatoms. The number of ether oxygens (including phenoxy) is 1. The van der Waals surface area contributed by atoms with Crippen LogP contribution in [-0.2, 0) is 13.2 Å². The molecule has 4 N–H and O–H groups in total. The van der Waals surface area contributed by atoms with Gasteiger partial charge >= 0.3 is 5.97 Å². The number of hydrogen-bond acceptors (Lipinski definition) is 6. The minimum Gasteiger partial charge on any atom is -0.478 e. The zero-order valence-electron chi connectivity index (χ0n) is 31.2. The maximum Gasteiger partial charge on any atom is 0.336 e. The summed E-state index contributed by atoms with van der Waals surface area (Å²) in [5.74, 6) is -0.892. The van der Waals surface area contributed by atoms with Crippen molar-refractivity contribution in [1.29, 1.82) is 0 Å². The van der Waals surface area contributed by atoms with Gasteiger partial charge in [0.1, 0.15) is 20.7 Å². The van der Waals surface area contributed by atoms with E-state index in [-0.39, 0.29) is 11.5 Å². The van der Waals surface area contributed by atoms with E-state index >= 15 is 0 Å². The predicted octanol–water partition coefficient (Wildman–Crippen LogP) is 7.37. The predicted molar refractivity (Wildman–Crippen MR) is 214 cm³/mol. The molecule has 0 saturated heterocycles. The van der Waals surface area contributed by atoms with Crippen LogP contribution in [0.25, 0.3) is 5.57 Å². The number of carboxylic acid groups (broad SMARTS) is 1. The molecule has 6 rings (SSSR count). The molecule has 0 fully saturated rings. The second-order valence-electron chi connectivity index (χ2n) is 13.1. The van der Waals surface area contributed by atoms with E-state index < -0.39 is 16.0 Å². The molecule has 0 spiro atoms. The Balaban J connectivity index is 0.00000257. The number of anilines is 2. The summed E-state index contributed by atoms with van der Waals surface area (Å²) in [6.45, 7) is 4.63. The Morgan fingerprint density at radius 2 is 1.63 bits per heavy atom. The SMILES string of the molecule is CC.CN(C)c1ccc2c(c1)S(C)(C)C1=CC(=[N+](C)C)C=CC1=C2c1cc(C(=O)NCc2ccc(COc3cc(N)ccn3)cc2)ccc1C(=O)O. The molecular formula is C42H48N5O4S+. The summed E-state index contributed by atoms with van der Waals surface area (Å²) in [5, 5.41) is 13.4. The second-order valence-corrected chi connectivity index (χ2v) is 16.7. The molecule has 0 atom stereocenters. The molecule has 270 valence electrons. The van der Waals surface area contributed by atoms with Gasteiger partial charge in [0, 0.05) is 71.8 Å². The van der Waals surface area contributed by atoms with Gasteiger partial charge in [-0.15, -0.1) is 0 Å². The highest BCUT2D eigenvalue weighted by molar-refractivity contribution is 8.36. The highest BCUT2D eigenvalue weighted by Gasteiger charge is 2.37. The standard InChI is InChI=1S/C40H41N5O4S.C2H6/c1-44(2)29-12-15-32-35(21-29)50(5,6)36-22-30(45(3)4)13-16-33(36)38(32)34-19-27(11-14-31(34)40(47)48)39(46)43-23-25-7-9-26(10-8-25)24-49-37-20-28(41)17-18-42-37;1-2/h7-22H,23-24H2,1-6H3,(H3-,41,42,43,46,47,48);1-2H3/p+1. The molecule has 0 unspecified atom stereocenters. The van der Waals surface area contributed by atoms with E-state index in [0.717, 1.165) is 39.2 Å². The number of carbonyl (C=O) groups excluding carboxylic acids is 1. The van der Waals surface area contributed by atoms with Crippen molar-refractivity contribution >= 4 is 44.6 Å². The summed E-state index contributed by atoms with van der Waals surface area (Å²) in [7, 11) is 6.58. The molecular weight excluding hydrogens is 671 g/mol. The van der Waals surface area contributed by atoms with Crippen LogP contribution in [0.15, 0.2) is 113 Å². The van der Waals surface area contributed by atoms with Crippen molar-refractivity contribution in [3.05, 3.63) is 141 Å². The number of nitrogens with one attached hydrogen (secondary N) is 1. The van der Waals surface area contributed by atoms with Gasteiger partial charge in [-0.1, -0.05) is 44.2 Å². The Hall–Kier alpha value is -5.61. The minimum atomic E-state index is -1.49. The third kappa shape index (κ3) is 7.82. The van der Waals surface area contributed by atoms with Crippen molar-refractivity contribution in [2.24, 2.45) is 0 Å². The van der Waals surface area contributed by atoms with Crippen molar-refractivity contribution in [2.75, 3.05) is 51.3 Å². The number of nitrogens with zero attached hydrogens (tertiary/aromatic N) is 3.